The molecule has 0 bridgehead atoms. The van der Waals surface area contributed by atoms with Crippen LogP contribution in [0.3, 0.4) is 0 Å². The Kier molecular flexibility index (Phi) is 5.38. The maximum atomic E-state index is 12.1. The first-order valence-corrected chi connectivity index (χ1v) is 6.86. The molecular weight excluding hydrogens is 306 g/mol. The van der Waals surface area contributed by atoms with Crippen molar-refractivity contribution in [2.75, 3.05) is 6.61 Å². The van der Waals surface area contributed by atoms with Crippen molar-refractivity contribution in [3.8, 4) is 5.75 Å². The minimum Gasteiger partial charge on any atom is -0.483 e. The van der Waals surface area contributed by atoms with E-state index in [4.69, 9.17) is 26.8 Å². The van der Waals surface area contributed by atoms with Crippen molar-refractivity contribution < 1.29 is 19.1 Å². The van der Waals surface area contributed by atoms with E-state index < -0.39 is 11.9 Å². The van der Waals surface area contributed by atoms with Crippen molar-refractivity contribution >= 4 is 23.5 Å². The molecule has 5 nitrogen and oxygen atoms in total. The number of carbonyl (C=O) groups excluding carboxylic acids is 2. The summed E-state index contributed by atoms with van der Waals surface area (Å²) in [6, 6.07) is 13.5. The van der Waals surface area contributed by atoms with Crippen LogP contribution >= 0.6 is 11.6 Å². The standard InChI is InChI=1S/C16H14ClNO4/c17-12-7-5-11(6-8-12)9-22-16(20)13-3-1-2-4-14(13)21-10-15(18)19/h1-8H,9-10H2,(H2,18,19). The molecule has 22 heavy (non-hydrogen) atoms. The van der Waals surface area contributed by atoms with E-state index in [1.54, 1.807) is 48.5 Å². The maximum Gasteiger partial charge on any atom is 0.342 e. The van der Waals surface area contributed by atoms with Crippen LogP contribution in [0.5, 0.6) is 5.75 Å². The minimum atomic E-state index is -0.621. The Morgan fingerprint density at radius 3 is 2.41 bits per heavy atom. The second-order valence-corrected chi connectivity index (χ2v) is 4.89. The molecule has 0 unspecified atom stereocenters. The minimum absolute atomic E-state index is 0.111. The predicted octanol–water partition coefficient (Wildman–Crippen LogP) is 2.56. The Labute approximate surface area is 132 Å². The molecule has 0 heterocycles. The molecule has 0 aliphatic heterocycles. The fourth-order valence-corrected chi connectivity index (χ4v) is 1.84. The number of carbonyl (C=O) groups is 2. The van der Waals surface area contributed by atoms with Gasteiger partial charge in [0.2, 0.25) is 0 Å². The highest BCUT2D eigenvalue weighted by atomic mass is 35.5. The lowest BCUT2D eigenvalue weighted by atomic mass is 10.2. The number of ether oxygens (including phenoxy) is 2. The second-order valence-electron chi connectivity index (χ2n) is 4.45. The first-order chi connectivity index (χ1) is 10.6. The summed E-state index contributed by atoms with van der Waals surface area (Å²) >= 11 is 5.79. The zero-order chi connectivity index (χ0) is 15.9. The van der Waals surface area contributed by atoms with Crippen molar-refractivity contribution in [3.63, 3.8) is 0 Å². The number of hydrogen-bond donors (Lipinski definition) is 1. The van der Waals surface area contributed by atoms with Crippen LogP contribution in [0.15, 0.2) is 48.5 Å². The maximum absolute atomic E-state index is 12.1. The topological polar surface area (TPSA) is 78.6 Å². The van der Waals surface area contributed by atoms with Gasteiger partial charge >= 0.3 is 5.97 Å². The van der Waals surface area contributed by atoms with Crippen LogP contribution in [0.2, 0.25) is 5.02 Å². The van der Waals surface area contributed by atoms with Crippen LogP contribution in [-0.2, 0) is 16.1 Å². The van der Waals surface area contributed by atoms with E-state index in [0.717, 1.165) is 5.56 Å². The van der Waals surface area contributed by atoms with Crippen LogP contribution in [-0.4, -0.2) is 18.5 Å². The van der Waals surface area contributed by atoms with E-state index in [0.29, 0.717) is 5.02 Å². The average Bonchev–Trinajstić information content (AvgIpc) is 2.52. The van der Waals surface area contributed by atoms with Crippen LogP contribution in [0.25, 0.3) is 0 Å². The van der Waals surface area contributed by atoms with Gasteiger partial charge in [-0.25, -0.2) is 4.79 Å². The number of rotatable bonds is 6. The number of esters is 1. The Morgan fingerprint density at radius 2 is 1.73 bits per heavy atom. The molecule has 0 fully saturated rings. The van der Waals surface area contributed by atoms with Gasteiger partial charge in [0.05, 0.1) is 0 Å². The van der Waals surface area contributed by atoms with E-state index in [9.17, 15) is 9.59 Å². The van der Waals surface area contributed by atoms with Gasteiger partial charge in [0.1, 0.15) is 17.9 Å². The summed E-state index contributed by atoms with van der Waals surface area (Å²) in [6.07, 6.45) is 0. The highest BCUT2D eigenvalue weighted by Crippen LogP contribution is 2.19. The molecule has 1 amide bonds. The third-order valence-corrected chi connectivity index (χ3v) is 3.01. The molecule has 0 spiro atoms. The zero-order valence-electron chi connectivity index (χ0n) is 11.6. The lowest BCUT2D eigenvalue weighted by molar-refractivity contribution is -0.119. The van der Waals surface area contributed by atoms with Gasteiger partial charge in [-0.3, -0.25) is 4.79 Å². The van der Waals surface area contributed by atoms with Crippen molar-refractivity contribution in [2.45, 2.75) is 6.61 Å². The van der Waals surface area contributed by atoms with Crippen molar-refractivity contribution in [3.05, 3.63) is 64.7 Å². The quantitative estimate of drug-likeness (QED) is 0.830. The number of hydrogen-bond acceptors (Lipinski definition) is 4. The molecule has 114 valence electrons. The summed E-state index contributed by atoms with van der Waals surface area (Å²) < 4.78 is 10.4. The first kappa shape index (κ1) is 15.9. The summed E-state index contributed by atoms with van der Waals surface area (Å²) in [5.74, 6) is -0.915. The number of nitrogens with two attached hydrogens (primary N) is 1. The highest BCUT2D eigenvalue weighted by Gasteiger charge is 2.14. The lowest BCUT2D eigenvalue weighted by Gasteiger charge is -2.10. The largest absolute Gasteiger partial charge is 0.483 e. The van der Waals surface area contributed by atoms with Crippen molar-refractivity contribution in [2.24, 2.45) is 5.73 Å². The molecule has 2 aromatic rings. The number of para-hydroxylation sites is 1. The third-order valence-electron chi connectivity index (χ3n) is 2.76. The zero-order valence-corrected chi connectivity index (χ0v) is 12.4. The van der Waals surface area contributed by atoms with Crippen molar-refractivity contribution in [1.82, 2.24) is 0 Å². The van der Waals surface area contributed by atoms with Crippen LogP contribution in [0.1, 0.15) is 15.9 Å². The molecule has 0 aliphatic rings. The molecule has 0 aromatic heterocycles. The Balaban J connectivity index is 2.02. The third kappa shape index (κ3) is 4.49. The molecule has 2 N–H and O–H groups in total. The Morgan fingerprint density at radius 1 is 1.05 bits per heavy atom. The fourth-order valence-electron chi connectivity index (χ4n) is 1.72. The molecular formula is C16H14ClNO4. The number of halogens is 1. The summed E-state index contributed by atoms with van der Waals surface area (Å²) in [6.45, 7) is -0.193. The second kappa shape index (κ2) is 7.47. The predicted molar refractivity (Wildman–Crippen MR) is 81.7 cm³/mol. The normalized spacial score (nSPS) is 10.0. The summed E-state index contributed by atoms with van der Waals surface area (Å²) in [5.41, 5.74) is 6.07. The number of benzene rings is 2. The van der Waals surface area contributed by atoms with Crippen LogP contribution in [0, 0.1) is 0 Å². The molecule has 0 atom stereocenters. The van der Waals surface area contributed by atoms with Gasteiger partial charge in [-0.2, -0.15) is 0 Å². The summed E-state index contributed by atoms with van der Waals surface area (Å²) in [5, 5.41) is 0.611. The van der Waals surface area contributed by atoms with Crippen molar-refractivity contribution in [1.29, 1.82) is 0 Å². The van der Waals surface area contributed by atoms with Crippen LogP contribution < -0.4 is 10.5 Å². The smallest absolute Gasteiger partial charge is 0.342 e. The van der Waals surface area contributed by atoms with Crippen LogP contribution in [0.4, 0.5) is 0 Å². The van der Waals surface area contributed by atoms with E-state index in [2.05, 4.69) is 0 Å². The van der Waals surface area contributed by atoms with Gasteiger partial charge in [-0.15, -0.1) is 0 Å². The molecule has 0 saturated heterocycles. The average molecular weight is 320 g/mol. The van der Waals surface area contributed by atoms with E-state index in [1.807, 2.05) is 0 Å². The number of amides is 1. The molecule has 0 radical (unpaired) electrons. The monoisotopic (exact) mass is 319 g/mol. The van der Waals surface area contributed by atoms with Gasteiger partial charge in [-0.05, 0) is 29.8 Å². The van der Waals surface area contributed by atoms with Gasteiger partial charge in [0.25, 0.3) is 5.91 Å². The van der Waals surface area contributed by atoms with Gasteiger partial charge in [-0.1, -0.05) is 35.9 Å². The molecule has 2 rings (SSSR count). The molecule has 6 heteroatoms. The molecule has 0 aliphatic carbocycles. The first-order valence-electron chi connectivity index (χ1n) is 6.48. The summed E-state index contributed by atoms with van der Waals surface area (Å²) in [4.78, 5) is 22.9. The number of primary amides is 1. The van der Waals surface area contributed by atoms with E-state index >= 15 is 0 Å². The van der Waals surface area contributed by atoms with E-state index in [-0.39, 0.29) is 24.5 Å². The molecule has 0 saturated carbocycles. The Bertz CT molecular complexity index is 670. The van der Waals surface area contributed by atoms with Gasteiger partial charge in [0, 0.05) is 5.02 Å². The van der Waals surface area contributed by atoms with Gasteiger partial charge in [0.15, 0.2) is 6.61 Å². The summed E-state index contributed by atoms with van der Waals surface area (Å²) in [7, 11) is 0. The SMILES string of the molecule is NC(=O)COc1ccccc1C(=O)OCc1ccc(Cl)cc1. The van der Waals surface area contributed by atoms with Gasteiger partial charge < -0.3 is 15.2 Å². The fraction of sp³-hybridized carbons (Fsp3) is 0.125. The molecule has 2 aromatic carbocycles. The highest BCUT2D eigenvalue weighted by molar-refractivity contribution is 6.30. The van der Waals surface area contributed by atoms with E-state index in [1.165, 1.54) is 0 Å². The Hall–Kier alpha value is -2.53. The lowest BCUT2D eigenvalue weighted by Crippen LogP contribution is -2.21.